The van der Waals surface area contributed by atoms with Gasteiger partial charge in [0.15, 0.2) is 5.78 Å². The van der Waals surface area contributed by atoms with Crippen molar-refractivity contribution in [2.45, 2.75) is 85.0 Å². The number of fused-ring (bicyclic) bond motifs is 3. The molecule has 6 nitrogen and oxygen atoms in total. The van der Waals surface area contributed by atoms with Gasteiger partial charge in [-0.2, -0.15) is 0 Å². The molecule has 4 rings (SSSR count). The normalized spacial score (nSPS) is 46.6. The van der Waals surface area contributed by atoms with Crippen LogP contribution in [0.5, 0.6) is 0 Å². The number of hydrogen-bond donors (Lipinski definition) is 1. The lowest BCUT2D eigenvalue weighted by Crippen LogP contribution is -2.70. The number of esters is 2. The Balaban J connectivity index is 1.92. The summed E-state index contributed by atoms with van der Waals surface area (Å²) in [5, 5.41) is 11.4. The molecule has 8 unspecified atom stereocenters. The molecule has 4 fully saturated rings. The average molecular weight is 419 g/mol. The van der Waals surface area contributed by atoms with E-state index < -0.39 is 29.0 Å². The van der Waals surface area contributed by atoms with Crippen LogP contribution in [0, 0.1) is 34.0 Å². The quantitative estimate of drug-likeness (QED) is 0.547. The topological polar surface area (TPSA) is 89.9 Å². The summed E-state index contributed by atoms with van der Waals surface area (Å²) in [6, 6.07) is 0. The van der Waals surface area contributed by atoms with Gasteiger partial charge in [0.2, 0.25) is 0 Å². The van der Waals surface area contributed by atoms with Gasteiger partial charge in [-0.3, -0.25) is 14.4 Å². The van der Waals surface area contributed by atoms with Gasteiger partial charge >= 0.3 is 11.9 Å². The van der Waals surface area contributed by atoms with Gasteiger partial charge in [-0.15, -0.1) is 0 Å². The van der Waals surface area contributed by atoms with Crippen molar-refractivity contribution in [3.05, 3.63) is 12.2 Å². The van der Waals surface area contributed by atoms with Crippen molar-refractivity contribution in [3.8, 4) is 0 Å². The number of carbonyl (C=O) groups excluding carboxylic acids is 3. The van der Waals surface area contributed by atoms with Crippen molar-refractivity contribution in [1.82, 2.24) is 0 Å². The highest BCUT2D eigenvalue weighted by molar-refractivity contribution is 6.04. The zero-order chi connectivity index (χ0) is 22.2. The Hall–Kier alpha value is -1.69. The molecule has 1 spiro atoms. The van der Waals surface area contributed by atoms with Gasteiger partial charge in [-0.1, -0.05) is 27.4 Å². The molecule has 0 radical (unpaired) electrons. The first-order valence-corrected chi connectivity index (χ1v) is 11.1. The standard InChI is InChI=1S/C24H34O6/c1-12-15-7-8-16-23(6)17(22(4,5)10-9-18(23)29-13(2)25)11-19(30-14(3)26)24(16,20(12)27)21(15)28/h15-19,21,28H,1,7-11H2,2-6H3. The summed E-state index contributed by atoms with van der Waals surface area (Å²) in [6.07, 6.45) is 1.49. The van der Waals surface area contributed by atoms with E-state index in [0.717, 1.165) is 12.8 Å². The maximum absolute atomic E-state index is 13.7. The Morgan fingerprint density at radius 3 is 2.20 bits per heavy atom. The molecule has 2 bridgehead atoms. The number of aliphatic hydroxyl groups is 1. The third kappa shape index (κ3) is 2.55. The van der Waals surface area contributed by atoms with Crippen molar-refractivity contribution in [2.75, 3.05) is 0 Å². The van der Waals surface area contributed by atoms with Gasteiger partial charge < -0.3 is 14.6 Å². The van der Waals surface area contributed by atoms with Gasteiger partial charge in [-0.05, 0) is 54.9 Å². The third-order valence-electron chi connectivity index (χ3n) is 9.13. The molecule has 0 amide bonds. The first-order chi connectivity index (χ1) is 13.9. The third-order valence-corrected chi connectivity index (χ3v) is 9.13. The number of aliphatic hydroxyl groups excluding tert-OH is 1. The maximum Gasteiger partial charge on any atom is 0.302 e. The summed E-state index contributed by atoms with van der Waals surface area (Å²) in [7, 11) is 0. The maximum atomic E-state index is 13.7. The second-order valence-corrected chi connectivity index (χ2v) is 10.8. The predicted molar refractivity (Wildman–Crippen MR) is 109 cm³/mol. The van der Waals surface area contributed by atoms with Crippen molar-refractivity contribution < 1.29 is 29.0 Å². The largest absolute Gasteiger partial charge is 0.462 e. The van der Waals surface area contributed by atoms with E-state index in [1.54, 1.807) is 0 Å². The molecule has 0 aliphatic heterocycles. The fraction of sp³-hybridized carbons (Fsp3) is 0.792. The Morgan fingerprint density at radius 1 is 1.00 bits per heavy atom. The summed E-state index contributed by atoms with van der Waals surface area (Å²) in [4.78, 5) is 37.7. The minimum atomic E-state index is -1.21. The van der Waals surface area contributed by atoms with Crippen LogP contribution in [0.3, 0.4) is 0 Å². The van der Waals surface area contributed by atoms with Crippen LogP contribution in [0.15, 0.2) is 12.2 Å². The summed E-state index contributed by atoms with van der Waals surface area (Å²) in [5.41, 5.74) is -1.34. The minimum absolute atomic E-state index is 0.0773. The first kappa shape index (κ1) is 21.5. The molecule has 0 saturated heterocycles. The molecule has 0 aromatic rings. The molecule has 0 aromatic carbocycles. The van der Waals surface area contributed by atoms with Gasteiger partial charge in [0.05, 0.1) is 6.10 Å². The fourth-order valence-electron chi connectivity index (χ4n) is 8.01. The molecule has 8 atom stereocenters. The highest BCUT2D eigenvalue weighted by atomic mass is 16.5. The Bertz CT molecular complexity index is 815. The van der Waals surface area contributed by atoms with Crippen LogP contribution in [0.2, 0.25) is 0 Å². The number of ether oxygens (including phenoxy) is 2. The molecular formula is C24H34O6. The average Bonchev–Trinajstić information content (AvgIpc) is 2.74. The predicted octanol–water partition coefficient (Wildman–Crippen LogP) is 3.21. The van der Waals surface area contributed by atoms with Crippen molar-refractivity contribution >= 4 is 17.7 Å². The highest BCUT2D eigenvalue weighted by Crippen LogP contribution is 2.71. The van der Waals surface area contributed by atoms with Crippen LogP contribution in [-0.4, -0.2) is 41.1 Å². The van der Waals surface area contributed by atoms with Crippen LogP contribution in [-0.2, 0) is 23.9 Å². The Labute approximate surface area is 178 Å². The first-order valence-electron chi connectivity index (χ1n) is 11.1. The lowest BCUT2D eigenvalue weighted by molar-refractivity contribution is -0.259. The van der Waals surface area contributed by atoms with Gasteiger partial charge in [0, 0.05) is 25.2 Å². The SMILES string of the molecule is C=C1C(=O)C23C(OC(C)=O)CC4C(C)(C)CCC(OC(C)=O)C4(C)C2CCC1C3O. The second kappa shape index (κ2) is 6.65. The number of carbonyl (C=O) groups is 3. The lowest BCUT2D eigenvalue weighted by Gasteiger charge is -2.66. The number of hydrogen-bond acceptors (Lipinski definition) is 6. The summed E-state index contributed by atoms with van der Waals surface area (Å²) < 4.78 is 11.7. The lowest BCUT2D eigenvalue weighted by atomic mass is 9.39. The number of rotatable bonds is 2. The molecule has 4 aliphatic rings. The summed E-state index contributed by atoms with van der Waals surface area (Å²) >= 11 is 0. The molecule has 0 aromatic heterocycles. The van der Waals surface area contributed by atoms with Crippen LogP contribution in [0.4, 0.5) is 0 Å². The van der Waals surface area contributed by atoms with Crippen molar-refractivity contribution in [2.24, 2.45) is 34.0 Å². The van der Waals surface area contributed by atoms with Crippen molar-refractivity contribution in [1.29, 1.82) is 0 Å². The minimum Gasteiger partial charge on any atom is -0.462 e. The van der Waals surface area contributed by atoms with Crippen LogP contribution in [0.1, 0.15) is 66.7 Å². The number of ketones is 1. The van der Waals surface area contributed by atoms with E-state index in [1.165, 1.54) is 13.8 Å². The van der Waals surface area contributed by atoms with E-state index in [0.29, 0.717) is 24.8 Å². The van der Waals surface area contributed by atoms with E-state index >= 15 is 0 Å². The smallest absolute Gasteiger partial charge is 0.302 e. The molecule has 1 N–H and O–H groups in total. The highest BCUT2D eigenvalue weighted by Gasteiger charge is 2.76. The molecule has 6 heteroatoms. The molecule has 166 valence electrons. The fourth-order valence-corrected chi connectivity index (χ4v) is 8.01. The van der Waals surface area contributed by atoms with Crippen LogP contribution in [0.25, 0.3) is 0 Å². The number of Topliss-reactive ketones (excluding diaryl/α,β-unsaturated/α-hetero) is 1. The Morgan fingerprint density at radius 2 is 1.60 bits per heavy atom. The molecular weight excluding hydrogens is 384 g/mol. The van der Waals surface area contributed by atoms with Crippen LogP contribution >= 0.6 is 0 Å². The van der Waals surface area contributed by atoms with Gasteiger partial charge in [0.1, 0.15) is 17.6 Å². The Kier molecular flexibility index (Phi) is 4.78. The van der Waals surface area contributed by atoms with Gasteiger partial charge in [0.25, 0.3) is 0 Å². The molecule has 30 heavy (non-hydrogen) atoms. The zero-order valence-corrected chi connectivity index (χ0v) is 18.7. The summed E-state index contributed by atoms with van der Waals surface area (Å²) in [6.45, 7) is 13.3. The van der Waals surface area contributed by atoms with Gasteiger partial charge in [-0.25, -0.2) is 0 Å². The zero-order valence-electron chi connectivity index (χ0n) is 18.7. The van der Waals surface area contributed by atoms with E-state index in [2.05, 4.69) is 27.4 Å². The summed E-state index contributed by atoms with van der Waals surface area (Å²) in [5.74, 6) is -1.41. The van der Waals surface area contributed by atoms with Crippen molar-refractivity contribution in [3.63, 3.8) is 0 Å². The van der Waals surface area contributed by atoms with E-state index in [1.807, 2.05) is 0 Å². The molecule has 0 heterocycles. The monoisotopic (exact) mass is 418 g/mol. The van der Waals surface area contributed by atoms with E-state index in [9.17, 15) is 19.5 Å². The van der Waals surface area contributed by atoms with E-state index in [-0.39, 0.29) is 41.0 Å². The van der Waals surface area contributed by atoms with Crippen LogP contribution < -0.4 is 0 Å². The molecule has 4 aliphatic carbocycles. The van der Waals surface area contributed by atoms with E-state index in [4.69, 9.17) is 9.47 Å². The second-order valence-electron chi connectivity index (χ2n) is 10.8. The molecule has 4 saturated carbocycles.